The lowest BCUT2D eigenvalue weighted by atomic mass is 9.94. The van der Waals surface area contributed by atoms with Crippen molar-refractivity contribution in [3.63, 3.8) is 0 Å². The molecule has 102 valence electrons. The molecule has 0 aliphatic heterocycles. The van der Waals surface area contributed by atoms with Gasteiger partial charge in [-0.05, 0) is 37.5 Å². The molecular formula is C13H19ClFNO2. The molecule has 18 heavy (non-hydrogen) atoms. The zero-order valence-corrected chi connectivity index (χ0v) is 11.6. The van der Waals surface area contributed by atoms with E-state index in [0.717, 1.165) is 11.1 Å². The number of ether oxygens (including phenoxy) is 1. The Morgan fingerprint density at radius 1 is 1.39 bits per heavy atom. The van der Waals surface area contributed by atoms with E-state index in [-0.39, 0.29) is 19.0 Å². The zero-order chi connectivity index (χ0) is 13.0. The van der Waals surface area contributed by atoms with E-state index in [1.165, 1.54) is 0 Å². The highest BCUT2D eigenvalue weighted by atomic mass is 35.5. The fourth-order valence-electron chi connectivity index (χ4n) is 1.87. The van der Waals surface area contributed by atoms with Crippen LogP contribution in [0.15, 0.2) is 18.2 Å². The molecule has 0 bridgehead atoms. The van der Waals surface area contributed by atoms with Gasteiger partial charge in [-0.25, -0.2) is 9.18 Å². The first-order chi connectivity index (χ1) is 7.99. The van der Waals surface area contributed by atoms with Crippen LogP contribution >= 0.6 is 12.4 Å². The predicted octanol–water partition coefficient (Wildman–Crippen LogP) is 2.63. The average molecular weight is 276 g/mol. The van der Waals surface area contributed by atoms with Crippen molar-refractivity contribution < 1.29 is 13.9 Å². The molecule has 0 aromatic heterocycles. The second kappa shape index (κ2) is 7.34. The van der Waals surface area contributed by atoms with Crippen LogP contribution in [0.2, 0.25) is 0 Å². The minimum absolute atomic E-state index is 0. The number of carbonyl (C=O) groups is 1. The molecule has 0 amide bonds. The summed E-state index contributed by atoms with van der Waals surface area (Å²) in [5, 5.41) is 0. The van der Waals surface area contributed by atoms with E-state index < -0.39 is 18.2 Å². The molecule has 0 saturated carbocycles. The van der Waals surface area contributed by atoms with Crippen LogP contribution < -0.4 is 5.73 Å². The van der Waals surface area contributed by atoms with E-state index in [1.54, 1.807) is 6.92 Å². The summed E-state index contributed by atoms with van der Waals surface area (Å²) in [6.45, 7) is 5.48. The lowest BCUT2D eigenvalue weighted by Crippen LogP contribution is -2.32. The third kappa shape index (κ3) is 3.68. The number of carbonyl (C=O) groups excluding carboxylic acids is 1. The highest BCUT2D eigenvalue weighted by Crippen LogP contribution is 2.24. The van der Waals surface area contributed by atoms with Crippen LogP contribution in [0.1, 0.15) is 29.7 Å². The fourth-order valence-corrected chi connectivity index (χ4v) is 1.87. The smallest absolute Gasteiger partial charge is 0.342 e. The third-order valence-electron chi connectivity index (χ3n) is 2.70. The van der Waals surface area contributed by atoms with Crippen molar-refractivity contribution in [3.8, 4) is 0 Å². The van der Waals surface area contributed by atoms with Gasteiger partial charge < -0.3 is 10.5 Å². The van der Waals surface area contributed by atoms with Gasteiger partial charge in [0.2, 0.25) is 6.17 Å². The number of benzene rings is 1. The molecule has 2 N–H and O–H groups in total. The van der Waals surface area contributed by atoms with E-state index in [1.807, 2.05) is 32.0 Å². The molecular weight excluding hydrogens is 257 g/mol. The Kier molecular flexibility index (Phi) is 6.88. The van der Waals surface area contributed by atoms with Gasteiger partial charge in [0.15, 0.2) is 0 Å². The maximum Gasteiger partial charge on any atom is 0.342 e. The molecule has 0 radical (unpaired) electrons. The van der Waals surface area contributed by atoms with Crippen molar-refractivity contribution >= 4 is 18.4 Å². The summed E-state index contributed by atoms with van der Waals surface area (Å²) >= 11 is 0. The normalized spacial score (nSPS) is 13.4. The van der Waals surface area contributed by atoms with Crippen LogP contribution in [0.3, 0.4) is 0 Å². The number of aryl methyl sites for hydroxylation is 2. The molecule has 5 heteroatoms. The number of rotatable bonds is 4. The molecule has 0 aliphatic carbocycles. The minimum atomic E-state index is -1.82. The van der Waals surface area contributed by atoms with Crippen LogP contribution in [0.4, 0.5) is 4.39 Å². The Balaban J connectivity index is 0.00000289. The number of hydrogen-bond donors (Lipinski definition) is 1. The molecule has 1 rings (SSSR count). The van der Waals surface area contributed by atoms with Gasteiger partial charge in [-0.15, -0.1) is 12.4 Å². The molecule has 1 aromatic rings. The van der Waals surface area contributed by atoms with Gasteiger partial charge in [-0.2, -0.15) is 0 Å². The second-order valence-electron chi connectivity index (χ2n) is 3.99. The van der Waals surface area contributed by atoms with Gasteiger partial charge in [0, 0.05) is 0 Å². The van der Waals surface area contributed by atoms with E-state index in [4.69, 9.17) is 5.73 Å². The maximum atomic E-state index is 13.8. The van der Waals surface area contributed by atoms with Crippen LogP contribution in [-0.4, -0.2) is 18.7 Å². The Hall–Kier alpha value is -1.13. The summed E-state index contributed by atoms with van der Waals surface area (Å²) in [5.74, 6) is -0.900. The Labute approximate surface area is 113 Å². The van der Waals surface area contributed by atoms with Crippen molar-refractivity contribution in [3.05, 3.63) is 34.9 Å². The molecule has 0 saturated heterocycles. The number of alkyl halides is 1. The number of nitrogens with two attached hydrogens (primary N) is 1. The summed E-state index contributed by atoms with van der Waals surface area (Å²) in [6.07, 6.45) is -1.82. The first-order valence-electron chi connectivity index (χ1n) is 5.61. The first-order valence-corrected chi connectivity index (χ1v) is 5.61. The van der Waals surface area contributed by atoms with Gasteiger partial charge in [-0.1, -0.05) is 18.2 Å². The summed E-state index contributed by atoms with van der Waals surface area (Å²) in [4.78, 5) is 11.3. The lowest BCUT2D eigenvalue weighted by Gasteiger charge is -2.19. The van der Waals surface area contributed by atoms with Crippen LogP contribution in [0, 0.1) is 13.8 Å². The van der Waals surface area contributed by atoms with Crippen LogP contribution in [0.5, 0.6) is 0 Å². The SMILES string of the molecule is CCOC(=O)C(F)[C@@H](N)c1c(C)cccc1C.Cl. The van der Waals surface area contributed by atoms with E-state index in [0.29, 0.717) is 5.56 Å². The van der Waals surface area contributed by atoms with Crippen LogP contribution in [0.25, 0.3) is 0 Å². The molecule has 0 fully saturated rings. The minimum Gasteiger partial charge on any atom is -0.464 e. The Bertz CT molecular complexity index is 392. The predicted molar refractivity (Wildman–Crippen MR) is 71.6 cm³/mol. The van der Waals surface area contributed by atoms with Gasteiger partial charge in [0.1, 0.15) is 0 Å². The summed E-state index contributed by atoms with van der Waals surface area (Å²) in [6, 6.07) is 4.59. The molecule has 0 spiro atoms. The summed E-state index contributed by atoms with van der Waals surface area (Å²) < 4.78 is 18.5. The zero-order valence-electron chi connectivity index (χ0n) is 10.8. The van der Waals surface area contributed by atoms with E-state index >= 15 is 0 Å². The highest BCUT2D eigenvalue weighted by molar-refractivity contribution is 5.85. The topological polar surface area (TPSA) is 52.3 Å². The monoisotopic (exact) mass is 275 g/mol. The Morgan fingerprint density at radius 3 is 2.33 bits per heavy atom. The van der Waals surface area contributed by atoms with Gasteiger partial charge in [0.25, 0.3) is 0 Å². The molecule has 0 aliphatic rings. The molecule has 1 unspecified atom stereocenters. The van der Waals surface area contributed by atoms with E-state index in [9.17, 15) is 9.18 Å². The van der Waals surface area contributed by atoms with Crippen molar-refractivity contribution in [2.24, 2.45) is 5.73 Å². The van der Waals surface area contributed by atoms with Gasteiger partial charge in [0.05, 0.1) is 12.6 Å². The van der Waals surface area contributed by atoms with Crippen molar-refractivity contribution in [1.29, 1.82) is 0 Å². The number of hydrogen-bond acceptors (Lipinski definition) is 3. The molecule has 3 nitrogen and oxygen atoms in total. The standard InChI is InChI=1S/C13H18FNO2.ClH/c1-4-17-13(16)11(14)12(15)10-8(2)6-5-7-9(10)3;/h5-7,11-12H,4,15H2,1-3H3;1H/t11?,12-;/m0./s1. The Morgan fingerprint density at radius 2 is 1.89 bits per heavy atom. The van der Waals surface area contributed by atoms with Crippen molar-refractivity contribution in [2.75, 3.05) is 6.61 Å². The number of esters is 1. The van der Waals surface area contributed by atoms with Gasteiger partial charge in [-0.3, -0.25) is 0 Å². The highest BCUT2D eigenvalue weighted by Gasteiger charge is 2.29. The summed E-state index contributed by atoms with van der Waals surface area (Å²) in [5.41, 5.74) is 8.23. The van der Waals surface area contributed by atoms with Crippen LogP contribution in [-0.2, 0) is 9.53 Å². The van der Waals surface area contributed by atoms with Gasteiger partial charge >= 0.3 is 5.97 Å². The fraction of sp³-hybridized carbons (Fsp3) is 0.462. The van der Waals surface area contributed by atoms with E-state index in [2.05, 4.69) is 4.74 Å². The van der Waals surface area contributed by atoms with Crippen molar-refractivity contribution in [1.82, 2.24) is 0 Å². The first kappa shape index (κ1) is 16.9. The molecule has 0 heterocycles. The second-order valence-corrected chi connectivity index (χ2v) is 3.99. The third-order valence-corrected chi connectivity index (χ3v) is 2.70. The quantitative estimate of drug-likeness (QED) is 0.860. The van der Waals surface area contributed by atoms with Crippen molar-refractivity contribution in [2.45, 2.75) is 33.0 Å². The summed E-state index contributed by atoms with van der Waals surface area (Å²) in [7, 11) is 0. The molecule has 2 atom stereocenters. The molecule has 1 aromatic carbocycles. The lowest BCUT2D eigenvalue weighted by molar-refractivity contribution is -0.149. The maximum absolute atomic E-state index is 13.8. The average Bonchev–Trinajstić information content (AvgIpc) is 2.27. The number of halogens is 2. The largest absolute Gasteiger partial charge is 0.464 e.